The van der Waals surface area contributed by atoms with Gasteiger partial charge < -0.3 is 25.3 Å². The first-order valence-electron chi connectivity index (χ1n) is 6.72. The summed E-state index contributed by atoms with van der Waals surface area (Å²) in [5.41, 5.74) is 6.36. The summed E-state index contributed by atoms with van der Waals surface area (Å²) < 4.78 is 16.0. The molecule has 0 saturated heterocycles. The van der Waals surface area contributed by atoms with Gasteiger partial charge in [-0.1, -0.05) is 6.07 Å². The van der Waals surface area contributed by atoms with Gasteiger partial charge in [0.25, 0.3) is 0 Å². The molecule has 6 heteroatoms. The summed E-state index contributed by atoms with van der Waals surface area (Å²) in [7, 11) is 0. The SMILES string of the molecule is NCCOCC(=O)NCCc1ccc2c(c1)OCCO2. The van der Waals surface area contributed by atoms with Crippen LogP contribution >= 0.6 is 0 Å². The molecule has 0 atom stereocenters. The van der Waals surface area contributed by atoms with Crippen molar-refractivity contribution in [3.63, 3.8) is 0 Å². The molecule has 20 heavy (non-hydrogen) atoms. The number of fused-ring (bicyclic) bond motifs is 1. The second-order valence-corrected chi connectivity index (χ2v) is 4.42. The Morgan fingerprint density at radius 3 is 2.90 bits per heavy atom. The standard InChI is InChI=1S/C14H20N2O4/c15-4-6-18-10-14(17)16-5-3-11-1-2-12-13(9-11)20-8-7-19-12/h1-2,9H,3-8,10,15H2,(H,16,17). The minimum Gasteiger partial charge on any atom is -0.486 e. The van der Waals surface area contributed by atoms with E-state index in [0.717, 1.165) is 23.5 Å². The van der Waals surface area contributed by atoms with Gasteiger partial charge in [-0.15, -0.1) is 0 Å². The predicted octanol–water partition coefficient (Wildman–Crippen LogP) is 0.0918. The van der Waals surface area contributed by atoms with Crippen LogP contribution in [0.3, 0.4) is 0 Å². The van der Waals surface area contributed by atoms with Gasteiger partial charge in [-0.25, -0.2) is 0 Å². The van der Waals surface area contributed by atoms with Gasteiger partial charge in [-0.3, -0.25) is 4.79 Å². The molecule has 1 aromatic rings. The van der Waals surface area contributed by atoms with Crippen LogP contribution in [-0.2, 0) is 16.0 Å². The Bertz CT molecular complexity index is 451. The Labute approximate surface area is 118 Å². The van der Waals surface area contributed by atoms with Gasteiger partial charge in [0.05, 0.1) is 6.61 Å². The molecule has 0 radical (unpaired) electrons. The number of hydrogen-bond acceptors (Lipinski definition) is 5. The maximum Gasteiger partial charge on any atom is 0.246 e. The van der Waals surface area contributed by atoms with Crippen LogP contribution in [0.2, 0.25) is 0 Å². The molecule has 0 bridgehead atoms. The van der Waals surface area contributed by atoms with Crippen LogP contribution in [0.15, 0.2) is 18.2 Å². The van der Waals surface area contributed by atoms with E-state index in [9.17, 15) is 4.79 Å². The number of nitrogens with one attached hydrogen (secondary N) is 1. The predicted molar refractivity (Wildman–Crippen MR) is 74.0 cm³/mol. The lowest BCUT2D eigenvalue weighted by molar-refractivity contribution is -0.125. The molecule has 0 unspecified atom stereocenters. The molecule has 3 N–H and O–H groups in total. The fraction of sp³-hybridized carbons (Fsp3) is 0.500. The molecule has 1 aromatic carbocycles. The van der Waals surface area contributed by atoms with Gasteiger partial charge in [-0.05, 0) is 24.1 Å². The summed E-state index contributed by atoms with van der Waals surface area (Å²) in [6.07, 6.45) is 0.735. The van der Waals surface area contributed by atoms with Crippen LogP contribution < -0.4 is 20.5 Å². The van der Waals surface area contributed by atoms with Crippen LogP contribution in [0.5, 0.6) is 11.5 Å². The first-order valence-corrected chi connectivity index (χ1v) is 6.72. The van der Waals surface area contributed by atoms with Gasteiger partial charge in [-0.2, -0.15) is 0 Å². The van der Waals surface area contributed by atoms with Crippen LogP contribution in [0, 0.1) is 0 Å². The molecule has 0 saturated carbocycles. The summed E-state index contributed by atoms with van der Waals surface area (Å²) in [6.45, 7) is 2.60. The number of hydrogen-bond donors (Lipinski definition) is 2. The molecule has 0 fully saturated rings. The first kappa shape index (κ1) is 14.6. The smallest absolute Gasteiger partial charge is 0.246 e. The van der Waals surface area contributed by atoms with E-state index in [0.29, 0.717) is 32.9 Å². The first-order chi connectivity index (χ1) is 9.79. The number of amides is 1. The maximum atomic E-state index is 11.4. The van der Waals surface area contributed by atoms with Crippen LogP contribution in [-0.4, -0.2) is 45.4 Å². The summed E-state index contributed by atoms with van der Waals surface area (Å²) in [6, 6.07) is 5.83. The lowest BCUT2D eigenvalue weighted by atomic mass is 10.1. The highest BCUT2D eigenvalue weighted by molar-refractivity contribution is 5.77. The maximum absolute atomic E-state index is 11.4. The monoisotopic (exact) mass is 280 g/mol. The highest BCUT2D eigenvalue weighted by Gasteiger charge is 2.11. The molecule has 0 aromatic heterocycles. The van der Waals surface area contributed by atoms with Crippen molar-refractivity contribution in [2.45, 2.75) is 6.42 Å². The summed E-state index contributed by atoms with van der Waals surface area (Å²) in [5.74, 6) is 1.42. The molecule has 0 spiro atoms. The van der Waals surface area contributed by atoms with E-state index in [-0.39, 0.29) is 12.5 Å². The van der Waals surface area contributed by atoms with E-state index >= 15 is 0 Å². The van der Waals surface area contributed by atoms with Gasteiger partial charge in [0.2, 0.25) is 5.91 Å². The van der Waals surface area contributed by atoms with Crippen molar-refractivity contribution >= 4 is 5.91 Å². The molecule has 1 aliphatic heterocycles. The van der Waals surface area contributed by atoms with E-state index in [4.69, 9.17) is 19.9 Å². The summed E-state index contributed by atoms with van der Waals surface area (Å²) in [5, 5.41) is 2.79. The minimum absolute atomic E-state index is 0.0539. The highest BCUT2D eigenvalue weighted by Crippen LogP contribution is 2.30. The minimum atomic E-state index is -0.129. The van der Waals surface area contributed by atoms with Gasteiger partial charge in [0.15, 0.2) is 11.5 Å². The van der Waals surface area contributed by atoms with E-state index in [2.05, 4.69) is 5.32 Å². The van der Waals surface area contributed by atoms with Gasteiger partial charge in [0.1, 0.15) is 19.8 Å². The zero-order chi connectivity index (χ0) is 14.2. The van der Waals surface area contributed by atoms with Crippen molar-refractivity contribution in [1.82, 2.24) is 5.32 Å². The quantitative estimate of drug-likeness (QED) is 0.692. The van der Waals surface area contributed by atoms with Gasteiger partial charge >= 0.3 is 0 Å². The zero-order valence-corrected chi connectivity index (χ0v) is 11.4. The molecule has 110 valence electrons. The number of carbonyl (C=O) groups is 1. The Balaban J connectivity index is 1.72. The summed E-state index contributed by atoms with van der Waals surface area (Å²) in [4.78, 5) is 11.4. The topological polar surface area (TPSA) is 82.8 Å². The Morgan fingerprint density at radius 2 is 2.10 bits per heavy atom. The van der Waals surface area contributed by atoms with Crippen LogP contribution in [0.25, 0.3) is 0 Å². The Hall–Kier alpha value is -1.79. The van der Waals surface area contributed by atoms with Crippen molar-refractivity contribution in [2.75, 3.05) is 39.5 Å². The zero-order valence-electron chi connectivity index (χ0n) is 11.4. The molecule has 1 amide bonds. The fourth-order valence-corrected chi connectivity index (χ4v) is 1.89. The number of nitrogens with two attached hydrogens (primary N) is 1. The Kier molecular flexibility index (Phi) is 5.64. The van der Waals surface area contributed by atoms with E-state index < -0.39 is 0 Å². The highest BCUT2D eigenvalue weighted by atomic mass is 16.6. The van der Waals surface area contributed by atoms with Crippen molar-refractivity contribution in [3.8, 4) is 11.5 Å². The van der Waals surface area contributed by atoms with Crippen molar-refractivity contribution in [1.29, 1.82) is 0 Å². The molecule has 2 rings (SSSR count). The molecule has 6 nitrogen and oxygen atoms in total. The third-order valence-electron chi connectivity index (χ3n) is 2.84. The molecular weight excluding hydrogens is 260 g/mol. The number of benzene rings is 1. The molecule has 1 heterocycles. The largest absolute Gasteiger partial charge is 0.486 e. The normalized spacial score (nSPS) is 13.1. The number of carbonyl (C=O) groups excluding carboxylic acids is 1. The number of rotatable bonds is 7. The Morgan fingerprint density at radius 1 is 1.30 bits per heavy atom. The molecule has 1 aliphatic rings. The van der Waals surface area contributed by atoms with Crippen LogP contribution in [0.4, 0.5) is 0 Å². The van der Waals surface area contributed by atoms with Gasteiger partial charge in [0, 0.05) is 13.1 Å². The third kappa shape index (κ3) is 4.40. The van der Waals surface area contributed by atoms with Crippen molar-refractivity contribution < 1.29 is 19.0 Å². The van der Waals surface area contributed by atoms with Crippen LogP contribution in [0.1, 0.15) is 5.56 Å². The van der Waals surface area contributed by atoms with Crippen molar-refractivity contribution in [2.24, 2.45) is 5.73 Å². The summed E-state index contributed by atoms with van der Waals surface area (Å²) >= 11 is 0. The molecular formula is C14H20N2O4. The average Bonchev–Trinajstić information content (AvgIpc) is 2.47. The fourth-order valence-electron chi connectivity index (χ4n) is 1.89. The second kappa shape index (κ2) is 7.72. The number of ether oxygens (including phenoxy) is 3. The lowest BCUT2D eigenvalue weighted by Gasteiger charge is -2.18. The third-order valence-corrected chi connectivity index (χ3v) is 2.84. The van der Waals surface area contributed by atoms with Crippen molar-refractivity contribution in [3.05, 3.63) is 23.8 Å². The molecule has 0 aliphatic carbocycles. The van der Waals surface area contributed by atoms with E-state index in [1.54, 1.807) is 0 Å². The second-order valence-electron chi connectivity index (χ2n) is 4.42. The average molecular weight is 280 g/mol. The lowest BCUT2D eigenvalue weighted by Crippen LogP contribution is -2.30. The van der Waals surface area contributed by atoms with E-state index in [1.165, 1.54) is 0 Å². The van der Waals surface area contributed by atoms with E-state index in [1.807, 2.05) is 18.2 Å².